The first kappa shape index (κ1) is 9.45. The monoisotopic (exact) mass is 185 g/mol. The summed E-state index contributed by atoms with van der Waals surface area (Å²) in [4.78, 5) is 0. The highest BCUT2D eigenvalue weighted by Gasteiger charge is 2.14. The minimum Gasteiger partial charge on any atom is -0.307 e. The van der Waals surface area contributed by atoms with Gasteiger partial charge in [0.25, 0.3) is 0 Å². The van der Waals surface area contributed by atoms with Crippen molar-refractivity contribution in [1.82, 2.24) is 14.8 Å². The molecule has 1 atom stereocenters. The summed E-state index contributed by atoms with van der Waals surface area (Å²) in [6.45, 7) is 6.53. The van der Waals surface area contributed by atoms with Crippen LogP contribution in [0.2, 0.25) is 0 Å². The number of nitrogens with zero attached hydrogens (tertiary/aromatic N) is 2. The zero-order valence-corrected chi connectivity index (χ0v) is 8.77. The summed E-state index contributed by atoms with van der Waals surface area (Å²) in [5.74, 6) is 2.08. The molecule has 0 spiro atoms. The summed E-state index contributed by atoms with van der Waals surface area (Å²) in [6.07, 6.45) is 0. The number of aromatic nitrogens is 3. The van der Waals surface area contributed by atoms with Crippen LogP contribution in [0.1, 0.15) is 32.5 Å². The second-order valence-corrected chi connectivity index (χ2v) is 3.87. The highest BCUT2D eigenvalue weighted by molar-refractivity contribution is 7.71. The van der Waals surface area contributed by atoms with Crippen molar-refractivity contribution in [2.24, 2.45) is 13.0 Å². The van der Waals surface area contributed by atoms with E-state index in [1.165, 1.54) is 0 Å². The van der Waals surface area contributed by atoms with Gasteiger partial charge in [-0.25, -0.2) is 0 Å². The molecule has 0 radical (unpaired) electrons. The van der Waals surface area contributed by atoms with Crippen molar-refractivity contribution in [3.63, 3.8) is 0 Å². The number of H-pyrrole nitrogens is 1. The minimum absolute atomic E-state index is 0.447. The summed E-state index contributed by atoms with van der Waals surface area (Å²) in [6, 6.07) is 0. The van der Waals surface area contributed by atoms with Gasteiger partial charge in [0, 0.05) is 13.0 Å². The Kier molecular flexibility index (Phi) is 2.67. The Morgan fingerprint density at radius 3 is 2.33 bits per heavy atom. The average molecular weight is 185 g/mol. The van der Waals surface area contributed by atoms with E-state index in [9.17, 15) is 0 Å². The van der Waals surface area contributed by atoms with Gasteiger partial charge in [-0.15, -0.1) is 0 Å². The second kappa shape index (κ2) is 3.39. The summed E-state index contributed by atoms with van der Waals surface area (Å²) in [5.41, 5.74) is 0. The Labute approximate surface area is 77.8 Å². The smallest absolute Gasteiger partial charge is 0.194 e. The van der Waals surface area contributed by atoms with E-state index in [0.717, 1.165) is 5.82 Å². The molecule has 1 aromatic heterocycles. The van der Waals surface area contributed by atoms with Gasteiger partial charge >= 0.3 is 0 Å². The van der Waals surface area contributed by atoms with E-state index in [2.05, 4.69) is 31.0 Å². The maximum atomic E-state index is 5.02. The molecule has 1 rings (SSSR count). The predicted molar refractivity (Wildman–Crippen MR) is 51.6 cm³/mol. The van der Waals surface area contributed by atoms with Crippen LogP contribution in [0.4, 0.5) is 0 Å². The lowest BCUT2D eigenvalue weighted by atomic mass is 9.97. The molecule has 1 unspecified atom stereocenters. The van der Waals surface area contributed by atoms with Crippen molar-refractivity contribution in [2.75, 3.05) is 0 Å². The molecule has 0 aliphatic rings. The summed E-state index contributed by atoms with van der Waals surface area (Å²) < 4.78 is 2.62. The number of nitrogens with one attached hydrogen (secondary N) is 1. The van der Waals surface area contributed by atoms with Gasteiger partial charge in [0.2, 0.25) is 0 Å². The highest BCUT2D eigenvalue weighted by atomic mass is 32.1. The van der Waals surface area contributed by atoms with Crippen LogP contribution in [0.5, 0.6) is 0 Å². The Hall–Kier alpha value is -0.640. The van der Waals surface area contributed by atoms with Crippen molar-refractivity contribution in [1.29, 1.82) is 0 Å². The van der Waals surface area contributed by atoms with E-state index in [1.807, 2.05) is 11.6 Å². The van der Waals surface area contributed by atoms with Gasteiger partial charge in [0.15, 0.2) is 4.77 Å². The van der Waals surface area contributed by atoms with Crippen molar-refractivity contribution in [3.8, 4) is 0 Å². The SMILES string of the molecule is CC(C)C(C)c1n[nH]c(=S)n1C. The molecule has 0 saturated heterocycles. The normalized spacial score (nSPS) is 13.8. The molecule has 1 aromatic rings. The Morgan fingerprint density at radius 2 is 2.00 bits per heavy atom. The molecule has 0 bridgehead atoms. The third-order valence-electron chi connectivity index (χ3n) is 2.32. The first-order chi connectivity index (χ1) is 5.54. The third-order valence-corrected chi connectivity index (χ3v) is 2.69. The topological polar surface area (TPSA) is 33.6 Å². The fourth-order valence-corrected chi connectivity index (χ4v) is 1.20. The lowest BCUT2D eigenvalue weighted by Crippen LogP contribution is -2.08. The van der Waals surface area contributed by atoms with Gasteiger partial charge in [0.05, 0.1) is 0 Å². The van der Waals surface area contributed by atoms with Crippen molar-refractivity contribution < 1.29 is 0 Å². The van der Waals surface area contributed by atoms with E-state index in [4.69, 9.17) is 12.2 Å². The molecular weight excluding hydrogens is 170 g/mol. The average Bonchev–Trinajstić information content (AvgIpc) is 2.32. The second-order valence-electron chi connectivity index (χ2n) is 3.48. The summed E-state index contributed by atoms with van der Waals surface area (Å²) in [7, 11) is 1.94. The van der Waals surface area contributed by atoms with Gasteiger partial charge in [-0.2, -0.15) is 5.10 Å². The number of hydrogen-bond donors (Lipinski definition) is 1. The molecule has 0 amide bonds. The lowest BCUT2D eigenvalue weighted by molar-refractivity contribution is 0.495. The zero-order valence-electron chi connectivity index (χ0n) is 7.96. The molecule has 4 heteroatoms. The van der Waals surface area contributed by atoms with Crippen LogP contribution in [0.25, 0.3) is 0 Å². The molecule has 3 nitrogen and oxygen atoms in total. The Bertz CT molecular complexity index is 310. The van der Waals surface area contributed by atoms with Gasteiger partial charge in [0.1, 0.15) is 5.82 Å². The maximum absolute atomic E-state index is 5.02. The zero-order chi connectivity index (χ0) is 9.30. The minimum atomic E-state index is 0.447. The van der Waals surface area contributed by atoms with E-state index >= 15 is 0 Å². The molecule has 0 aromatic carbocycles. The molecule has 68 valence electrons. The van der Waals surface area contributed by atoms with Gasteiger partial charge in [-0.05, 0) is 18.1 Å². The standard InChI is InChI=1S/C8H15N3S/c1-5(2)6(3)7-9-10-8(12)11(7)4/h5-6H,1-4H3,(H,10,12). The van der Waals surface area contributed by atoms with Crippen molar-refractivity contribution >= 4 is 12.2 Å². The maximum Gasteiger partial charge on any atom is 0.194 e. The quantitative estimate of drug-likeness (QED) is 0.717. The van der Waals surface area contributed by atoms with Crippen molar-refractivity contribution in [3.05, 3.63) is 10.6 Å². The highest BCUT2D eigenvalue weighted by Crippen LogP contribution is 2.20. The lowest BCUT2D eigenvalue weighted by Gasteiger charge is -2.13. The third kappa shape index (κ3) is 1.58. The Morgan fingerprint density at radius 1 is 1.42 bits per heavy atom. The van der Waals surface area contributed by atoms with Crippen LogP contribution < -0.4 is 0 Å². The van der Waals surface area contributed by atoms with Gasteiger partial charge in [-0.1, -0.05) is 20.8 Å². The van der Waals surface area contributed by atoms with Crippen LogP contribution in [-0.4, -0.2) is 14.8 Å². The molecule has 1 N–H and O–H groups in total. The molecule has 0 fully saturated rings. The van der Waals surface area contributed by atoms with Crippen LogP contribution in [0.15, 0.2) is 0 Å². The molecule has 1 heterocycles. The fourth-order valence-electron chi connectivity index (χ4n) is 1.06. The van der Waals surface area contributed by atoms with E-state index in [1.54, 1.807) is 0 Å². The first-order valence-corrected chi connectivity index (χ1v) is 4.56. The first-order valence-electron chi connectivity index (χ1n) is 4.15. The number of rotatable bonds is 2. The number of hydrogen-bond acceptors (Lipinski definition) is 2. The summed E-state index contributed by atoms with van der Waals surface area (Å²) in [5, 5.41) is 6.97. The predicted octanol–water partition coefficient (Wildman–Crippen LogP) is 2.24. The summed E-state index contributed by atoms with van der Waals surface area (Å²) >= 11 is 5.02. The molecule has 0 aliphatic heterocycles. The molecule has 0 aliphatic carbocycles. The van der Waals surface area contributed by atoms with Crippen LogP contribution in [0, 0.1) is 10.7 Å². The van der Waals surface area contributed by atoms with E-state index < -0.39 is 0 Å². The van der Waals surface area contributed by atoms with Gasteiger partial charge < -0.3 is 4.57 Å². The van der Waals surface area contributed by atoms with Crippen molar-refractivity contribution in [2.45, 2.75) is 26.7 Å². The van der Waals surface area contributed by atoms with Gasteiger partial charge in [-0.3, -0.25) is 5.10 Å². The van der Waals surface area contributed by atoms with E-state index in [-0.39, 0.29) is 0 Å². The largest absolute Gasteiger partial charge is 0.307 e. The van der Waals surface area contributed by atoms with Crippen LogP contribution in [-0.2, 0) is 7.05 Å². The van der Waals surface area contributed by atoms with Crippen LogP contribution in [0.3, 0.4) is 0 Å². The molecular formula is C8H15N3S. The van der Waals surface area contributed by atoms with E-state index in [0.29, 0.717) is 16.6 Å². The molecule has 12 heavy (non-hydrogen) atoms. The number of aromatic amines is 1. The van der Waals surface area contributed by atoms with Crippen LogP contribution >= 0.6 is 12.2 Å². The molecule has 0 saturated carbocycles. The fraction of sp³-hybridized carbons (Fsp3) is 0.750. The Balaban J connectivity index is 3.03.